The van der Waals surface area contributed by atoms with Crippen LogP contribution in [0.5, 0.6) is 0 Å². The van der Waals surface area contributed by atoms with E-state index in [1.807, 2.05) is 6.07 Å². The molecule has 0 saturated carbocycles. The Morgan fingerprint density at radius 3 is 2.14 bits per heavy atom. The van der Waals surface area contributed by atoms with Crippen molar-refractivity contribution in [3.05, 3.63) is 48.5 Å². The molecule has 0 bridgehead atoms. The summed E-state index contributed by atoms with van der Waals surface area (Å²) in [5.74, 6) is 1.60. The number of aromatic nitrogens is 3. The van der Waals surface area contributed by atoms with Crippen LogP contribution in [-0.2, 0) is 0 Å². The smallest absolute Gasteiger partial charge is 0.216 e. The van der Waals surface area contributed by atoms with E-state index in [0.29, 0.717) is 12.0 Å². The Morgan fingerprint density at radius 1 is 0.810 bits per heavy atom. The van der Waals surface area contributed by atoms with Crippen LogP contribution in [0.2, 0.25) is 0 Å². The second-order valence-electron chi connectivity index (χ2n) is 6.08. The summed E-state index contributed by atoms with van der Waals surface area (Å²) < 4.78 is 4.66. The first-order chi connectivity index (χ1) is 10.2. The molecule has 4 aromatic rings. The highest BCUT2D eigenvalue weighted by Crippen LogP contribution is 2.31. The maximum atomic E-state index is 4.88. The number of benzene rings is 2. The highest BCUT2D eigenvalue weighted by molar-refractivity contribution is 5.90. The van der Waals surface area contributed by atoms with Gasteiger partial charge < -0.3 is 4.57 Å². The van der Waals surface area contributed by atoms with Gasteiger partial charge >= 0.3 is 0 Å². The molecule has 3 heteroatoms. The predicted molar refractivity (Wildman–Crippen MR) is 87.7 cm³/mol. The maximum absolute atomic E-state index is 4.88. The monoisotopic (exact) mass is 277 g/mol. The summed E-state index contributed by atoms with van der Waals surface area (Å²) in [6.45, 7) is 6.80. The average molecular weight is 277 g/mol. The Morgan fingerprint density at radius 2 is 1.43 bits per heavy atom. The summed E-state index contributed by atoms with van der Waals surface area (Å²) in [6.07, 6.45) is 0. The molecule has 0 N–H and O–H groups in total. The second-order valence-corrected chi connectivity index (χ2v) is 6.08. The molecule has 0 aliphatic rings. The molecule has 2 aromatic carbocycles. The van der Waals surface area contributed by atoms with E-state index in [2.05, 4.69) is 72.2 Å². The summed E-state index contributed by atoms with van der Waals surface area (Å²) in [5.41, 5.74) is 4.72. The molecule has 2 aromatic heterocycles. The number of hydrogen-bond donors (Lipinski definition) is 0. The molecule has 0 aliphatic heterocycles. The molecule has 0 fully saturated rings. The van der Waals surface area contributed by atoms with Crippen molar-refractivity contribution in [1.29, 1.82) is 0 Å². The molecule has 3 nitrogen and oxygen atoms in total. The van der Waals surface area contributed by atoms with E-state index in [0.717, 1.165) is 11.3 Å². The fraction of sp³-hybridized carbons (Fsp3) is 0.278. The van der Waals surface area contributed by atoms with Gasteiger partial charge in [-0.3, -0.25) is 4.40 Å². The summed E-state index contributed by atoms with van der Waals surface area (Å²) in [6, 6.07) is 17.3. The van der Waals surface area contributed by atoms with E-state index in [-0.39, 0.29) is 0 Å². The Kier molecular flexibility index (Phi) is 2.58. The molecule has 0 aliphatic carbocycles. The van der Waals surface area contributed by atoms with Crippen molar-refractivity contribution in [2.24, 2.45) is 5.92 Å². The van der Waals surface area contributed by atoms with Crippen molar-refractivity contribution < 1.29 is 0 Å². The summed E-state index contributed by atoms with van der Waals surface area (Å²) >= 11 is 0. The van der Waals surface area contributed by atoms with Gasteiger partial charge in [0.1, 0.15) is 0 Å². The van der Waals surface area contributed by atoms with Crippen molar-refractivity contribution in [3.8, 4) is 0 Å². The highest BCUT2D eigenvalue weighted by Gasteiger charge is 2.20. The third-order valence-electron chi connectivity index (χ3n) is 4.51. The fourth-order valence-electron chi connectivity index (χ4n) is 3.08. The van der Waals surface area contributed by atoms with E-state index in [4.69, 9.17) is 4.98 Å². The first-order valence-corrected chi connectivity index (χ1v) is 7.54. The highest BCUT2D eigenvalue weighted by atomic mass is 15.2. The van der Waals surface area contributed by atoms with Crippen LogP contribution < -0.4 is 0 Å². The van der Waals surface area contributed by atoms with E-state index < -0.39 is 0 Å². The zero-order chi connectivity index (χ0) is 14.6. The second kappa shape index (κ2) is 4.35. The van der Waals surface area contributed by atoms with Crippen LogP contribution in [0, 0.1) is 5.92 Å². The minimum absolute atomic E-state index is 0.407. The zero-order valence-electron chi connectivity index (χ0n) is 12.6. The number of imidazole rings is 2. The van der Waals surface area contributed by atoms with Crippen LogP contribution in [0.4, 0.5) is 0 Å². The molecule has 106 valence electrons. The van der Waals surface area contributed by atoms with Crippen molar-refractivity contribution in [3.63, 3.8) is 0 Å². The van der Waals surface area contributed by atoms with Gasteiger partial charge in [-0.2, -0.15) is 0 Å². The van der Waals surface area contributed by atoms with Crippen molar-refractivity contribution >= 4 is 27.8 Å². The number of fused-ring (bicyclic) bond motifs is 5. The lowest BCUT2D eigenvalue weighted by Gasteiger charge is -2.18. The van der Waals surface area contributed by atoms with E-state index in [1.54, 1.807) is 0 Å². The molecular formula is C18H19N3. The van der Waals surface area contributed by atoms with Gasteiger partial charge in [0.2, 0.25) is 5.78 Å². The van der Waals surface area contributed by atoms with Crippen molar-refractivity contribution in [2.45, 2.75) is 26.8 Å². The van der Waals surface area contributed by atoms with Crippen LogP contribution >= 0.6 is 0 Å². The summed E-state index contributed by atoms with van der Waals surface area (Å²) in [7, 11) is 0. The van der Waals surface area contributed by atoms with Crippen LogP contribution in [0.15, 0.2) is 48.5 Å². The largest absolute Gasteiger partial charge is 0.307 e. The molecule has 1 atom stereocenters. The number of nitrogens with zero attached hydrogens (tertiary/aromatic N) is 3. The fourth-order valence-corrected chi connectivity index (χ4v) is 3.08. The molecule has 0 saturated heterocycles. The Hall–Kier alpha value is -2.29. The molecule has 0 radical (unpaired) electrons. The van der Waals surface area contributed by atoms with Gasteiger partial charge in [0.05, 0.1) is 22.1 Å². The third kappa shape index (κ3) is 1.63. The summed E-state index contributed by atoms with van der Waals surface area (Å²) in [4.78, 5) is 4.88. The third-order valence-corrected chi connectivity index (χ3v) is 4.51. The lowest BCUT2D eigenvalue weighted by Crippen LogP contribution is -2.11. The topological polar surface area (TPSA) is 22.2 Å². The minimum Gasteiger partial charge on any atom is -0.307 e. The van der Waals surface area contributed by atoms with Crippen molar-refractivity contribution in [1.82, 2.24) is 14.0 Å². The lowest BCUT2D eigenvalue weighted by atomic mass is 10.1. The molecule has 0 spiro atoms. The van der Waals surface area contributed by atoms with Crippen LogP contribution in [-0.4, -0.2) is 14.0 Å². The molecule has 1 unspecified atom stereocenters. The van der Waals surface area contributed by atoms with E-state index in [9.17, 15) is 0 Å². The first-order valence-electron chi connectivity index (χ1n) is 7.54. The van der Waals surface area contributed by atoms with Gasteiger partial charge in [-0.15, -0.1) is 0 Å². The Balaban J connectivity index is 2.23. The Bertz CT molecular complexity index is 943. The molecule has 4 rings (SSSR count). The molecular weight excluding hydrogens is 258 g/mol. The van der Waals surface area contributed by atoms with Gasteiger partial charge in [-0.1, -0.05) is 38.1 Å². The quantitative estimate of drug-likeness (QED) is 0.522. The predicted octanol–water partition coefficient (Wildman–Crippen LogP) is 4.66. The first kappa shape index (κ1) is 12.5. The van der Waals surface area contributed by atoms with E-state index in [1.165, 1.54) is 16.6 Å². The van der Waals surface area contributed by atoms with Crippen molar-refractivity contribution in [2.75, 3.05) is 0 Å². The maximum Gasteiger partial charge on any atom is 0.216 e. The number of rotatable bonds is 2. The zero-order valence-corrected chi connectivity index (χ0v) is 12.6. The van der Waals surface area contributed by atoms with E-state index >= 15 is 0 Å². The van der Waals surface area contributed by atoms with Gasteiger partial charge in [0, 0.05) is 6.04 Å². The standard InChI is InChI=1S/C18H19N3/c1-12(2)13(3)20-16-10-6-7-11-17(16)21-15-9-5-4-8-14(15)19-18(20)21/h4-13H,1-3H3. The lowest BCUT2D eigenvalue weighted by molar-refractivity contribution is 0.424. The molecule has 0 amide bonds. The van der Waals surface area contributed by atoms with Crippen LogP contribution in [0.1, 0.15) is 26.8 Å². The normalized spacial score (nSPS) is 13.7. The average Bonchev–Trinajstić information content (AvgIpc) is 3.00. The molecule has 2 heterocycles. The summed E-state index contributed by atoms with van der Waals surface area (Å²) in [5, 5.41) is 0. The van der Waals surface area contributed by atoms with Gasteiger partial charge in [-0.05, 0) is 37.1 Å². The van der Waals surface area contributed by atoms with Gasteiger partial charge in [0.25, 0.3) is 0 Å². The molecule has 21 heavy (non-hydrogen) atoms. The number of hydrogen-bond acceptors (Lipinski definition) is 1. The minimum atomic E-state index is 0.407. The van der Waals surface area contributed by atoms with Crippen LogP contribution in [0.3, 0.4) is 0 Å². The number of para-hydroxylation sites is 4. The van der Waals surface area contributed by atoms with Gasteiger partial charge in [-0.25, -0.2) is 4.98 Å². The Labute approximate surface area is 123 Å². The van der Waals surface area contributed by atoms with Crippen LogP contribution in [0.25, 0.3) is 27.8 Å². The SMILES string of the molecule is CC(C)C(C)n1c2ccccc2n2c3ccccc3nc12. The van der Waals surface area contributed by atoms with Gasteiger partial charge in [0.15, 0.2) is 0 Å².